The third-order valence-corrected chi connectivity index (χ3v) is 1.58. The second-order valence-corrected chi connectivity index (χ2v) is 2.39. The first-order chi connectivity index (χ1) is 4.29. The molecule has 0 aliphatic carbocycles. The zero-order valence-corrected chi connectivity index (χ0v) is 5.26. The van der Waals surface area contributed by atoms with Crippen LogP contribution in [0.25, 0.3) is 0 Å². The average Bonchev–Trinajstić information content (AvgIpc) is 2.15. The van der Waals surface area contributed by atoms with Crippen LogP contribution in [0.2, 0.25) is 0 Å². The predicted molar refractivity (Wildman–Crippen MR) is 33.3 cm³/mol. The van der Waals surface area contributed by atoms with Gasteiger partial charge in [0.1, 0.15) is 0 Å². The molecule has 0 spiro atoms. The Balaban J connectivity index is 2.19. The molecule has 0 radical (unpaired) electrons. The summed E-state index contributed by atoms with van der Waals surface area (Å²) in [6, 6.07) is 0.238. The molecule has 0 saturated carbocycles. The Morgan fingerprint density at radius 1 is 1.78 bits per heavy atom. The highest BCUT2D eigenvalue weighted by atomic mass is 16.4. The van der Waals surface area contributed by atoms with Crippen LogP contribution in [0.3, 0.4) is 0 Å². The van der Waals surface area contributed by atoms with Crippen molar-refractivity contribution in [1.29, 1.82) is 0 Å². The molecule has 0 unspecified atom stereocenters. The number of carboxylic acid groups (broad SMARTS) is 1. The minimum Gasteiger partial charge on any atom is -0.481 e. The summed E-state index contributed by atoms with van der Waals surface area (Å²) in [5.41, 5.74) is 0. The van der Waals surface area contributed by atoms with Gasteiger partial charge in [-0.15, -0.1) is 0 Å². The molecule has 0 aromatic carbocycles. The highest BCUT2D eigenvalue weighted by Crippen LogP contribution is 2.07. The molecular formula is C6H11NO2. The summed E-state index contributed by atoms with van der Waals surface area (Å²) in [4.78, 5) is 10.1. The number of carboxylic acids is 1. The Morgan fingerprint density at radius 2 is 2.56 bits per heavy atom. The highest BCUT2D eigenvalue weighted by Gasteiger charge is 2.16. The molecule has 1 aliphatic heterocycles. The van der Waals surface area contributed by atoms with Crippen LogP contribution in [0, 0.1) is 0 Å². The van der Waals surface area contributed by atoms with E-state index in [1.54, 1.807) is 0 Å². The van der Waals surface area contributed by atoms with E-state index in [0.29, 0.717) is 0 Å². The second-order valence-electron chi connectivity index (χ2n) is 2.39. The van der Waals surface area contributed by atoms with Crippen LogP contribution in [-0.4, -0.2) is 23.7 Å². The molecule has 1 atom stereocenters. The summed E-state index contributed by atoms with van der Waals surface area (Å²) in [5, 5.41) is 11.4. The number of hydrogen-bond acceptors (Lipinski definition) is 2. The number of carbonyl (C=O) groups is 1. The van der Waals surface area contributed by atoms with Gasteiger partial charge in [0.2, 0.25) is 0 Å². The zero-order chi connectivity index (χ0) is 6.69. The summed E-state index contributed by atoms with van der Waals surface area (Å²) in [7, 11) is 0. The third kappa shape index (κ3) is 2.01. The van der Waals surface area contributed by atoms with Crippen LogP contribution in [-0.2, 0) is 4.79 Å². The van der Waals surface area contributed by atoms with Crippen molar-refractivity contribution in [3.8, 4) is 0 Å². The standard InChI is InChI=1S/C6H11NO2/c8-6(9)4-5-2-1-3-7-5/h5,7H,1-4H2,(H,8,9)/t5-/m0/s1. The van der Waals surface area contributed by atoms with E-state index >= 15 is 0 Å². The van der Waals surface area contributed by atoms with E-state index in [4.69, 9.17) is 5.11 Å². The van der Waals surface area contributed by atoms with Crippen molar-refractivity contribution in [2.45, 2.75) is 25.3 Å². The van der Waals surface area contributed by atoms with Crippen molar-refractivity contribution >= 4 is 5.97 Å². The first-order valence-electron chi connectivity index (χ1n) is 3.24. The van der Waals surface area contributed by atoms with Crippen LogP contribution in [0.5, 0.6) is 0 Å². The SMILES string of the molecule is O=C(O)C[C@@H]1CCCN1. The maximum atomic E-state index is 10.1. The predicted octanol–water partition coefficient (Wildman–Crippen LogP) is 0.213. The lowest BCUT2D eigenvalue weighted by Gasteiger charge is -2.03. The van der Waals surface area contributed by atoms with Crippen molar-refractivity contribution in [3.05, 3.63) is 0 Å². The van der Waals surface area contributed by atoms with Gasteiger partial charge in [-0.25, -0.2) is 0 Å². The molecule has 0 aromatic rings. The highest BCUT2D eigenvalue weighted by molar-refractivity contribution is 5.67. The molecule has 0 bridgehead atoms. The van der Waals surface area contributed by atoms with E-state index in [0.717, 1.165) is 19.4 Å². The second kappa shape index (κ2) is 2.82. The van der Waals surface area contributed by atoms with Crippen molar-refractivity contribution < 1.29 is 9.90 Å². The molecule has 3 heteroatoms. The largest absolute Gasteiger partial charge is 0.481 e. The van der Waals surface area contributed by atoms with Gasteiger partial charge in [0.25, 0.3) is 0 Å². The van der Waals surface area contributed by atoms with E-state index in [-0.39, 0.29) is 12.5 Å². The lowest BCUT2D eigenvalue weighted by Crippen LogP contribution is -2.24. The van der Waals surface area contributed by atoms with Crippen molar-refractivity contribution in [3.63, 3.8) is 0 Å². The van der Waals surface area contributed by atoms with Crippen molar-refractivity contribution in [2.24, 2.45) is 0 Å². The lowest BCUT2D eigenvalue weighted by atomic mass is 10.2. The Kier molecular flexibility index (Phi) is 2.05. The monoisotopic (exact) mass is 129 g/mol. The number of aliphatic carboxylic acids is 1. The molecule has 1 rings (SSSR count). The normalized spacial score (nSPS) is 26.4. The Bertz CT molecular complexity index is 108. The molecule has 1 heterocycles. The topological polar surface area (TPSA) is 49.3 Å². The number of rotatable bonds is 2. The molecular weight excluding hydrogens is 118 g/mol. The smallest absolute Gasteiger partial charge is 0.304 e. The Labute approximate surface area is 54.1 Å². The zero-order valence-electron chi connectivity index (χ0n) is 5.26. The van der Waals surface area contributed by atoms with Crippen LogP contribution < -0.4 is 5.32 Å². The van der Waals surface area contributed by atoms with Crippen LogP contribution in [0.4, 0.5) is 0 Å². The van der Waals surface area contributed by atoms with Gasteiger partial charge in [0, 0.05) is 6.04 Å². The van der Waals surface area contributed by atoms with Gasteiger partial charge in [-0.3, -0.25) is 4.79 Å². The summed E-state index contributed by atoms with van der Waals surface area (Å²) in [5.74, 6) is -0.700. The quantitative estimate of drug-likeness (QED) is 0.560. The molecule has 3 nitrogen and oxygen atoms in total. The van der Waals surface area contributed by atoms with Crippen LogP contribution >= 0.6 is 0 Å². The van der Waals surface area contributed by atoms with E-state index in [1.165, 1.54) is 0 Å². The van der Waals surface area contributed by atoms with Gasteiger partial charge >= 0.3 is 5.97 Å². The maximum absolute atomic E-state index is 10.1. The summed E-state index contributed by atoms with van der Waals surface area (Å²) < 4.78 is 0. The molecule has 0 amide bonds. The van der Waals surface area contributed by atoms with Gasteiger partial charge in [-0.05, 0) is 19.4 Å². The minimum absolute atomic E-state index is 0.238. The maximum Gasteiger partial charge on any atom is 0.304 e. The fourth-order valence-corrected chi connectivity index (χ4v) is 1.14. The third-order valence-electron chi connectivity index (χ3n) is 1.58. The molecule has 0 aromatic heterocycles. The Hall–Kier alpha value is -0.570. The fraction of sp³-hybridized carbons (Fsp3) is 0.833. The van der Waals surface area contributed by atoms with Gasteiger partial charge < -0.3 is 10.4 Å². The first-order valence-corrected chi connectivity index (χ1v) is 3.24. The summed E-state index contributed by atoms with van der Waals surface area (Å²) in [6.07, 6.45) is 2.42. The van der Waals surface area contributed by atoms with Gasteiger partial charge in [-0.2, -0.15) is 0 Å². The average molecular weight is 129 g/mol. The van der Waals surface area contributed by atoms with E-state index < -0.39 is 5.97 Å². The van der Waals surface area contributed by atoms with E-state index in [9.17, 15) is 4.79 Å². The molecule has 9 heavy (non-hydrogen) atoms. The lowest BCUT2D eigenvalue weighted by molar-refractivity contribution is -0.137. The van der Waals surface area contributed by atoms with Crippen LogP contribution in [0.15, 0.2) is 0 Å². The van der Waals surface area contributed by atoms with Crippen LogP contribution in [0.1, 0.15) is 19.3 Å². The summed E-state index contributed by atoms with van der Waals surface area (Å²) in [6.45, 7) is 0.984. The van der Waals surface area contributed by atoms with Gasteiger partial charge in [-0.1, -0.05) is 0 Å². The summed E-state index contributed by atoms with van der Waals surface area (Å²) >= 11 is 0. The number of hydrogen-bond donors (Lipinski definition) is 2. The molecule has 52 valence electrons. The molecule has 1 aliphatic rings. The Morgan fingerprint density at radius 3 is 3.00 bits per heavy atom. The van der Waals surface area contributed by atoms with Gasteiger partial charge in [0.15, 0.2) is 0 Å². The molecule has 1 saturated heterocycles. The molecule has 2 N–H and O–H groups in total. The van der Waals surface area contributed by atoms with E-state index in [2.05, 4.69) is 5.32 Å². The van der Waals surface area contributed by atoms with Gasteiger partial charge in [0.05, 0.1) is 6.42 Å². The number of nitrogens with one attached hydrogen (secondary N) is 1. The first kappa shape index (κ1) is 6.55. The van der Waals surface area contributed by atoms with E-state index in [1.807, 2.05) is 0 Å². The fourth-order valence-electron chi connectivity index (χ4n) is 1.14. The van der Waals surface area contributed by atoms with Crippen molar-refractivity contribution in [2.75, 3.05) is 6.54 Å². The minimum atomic E-state index is -0.700. The van der Waals surface area contributed by atoms with Crippen molar-refractivity contribution in [1.82, 2.24) is 5.32 Å². The molecule has 1 fully saturated rings.